The van der Waals surface area contributed by atoms with Gasteiger partial charge in [0.2, 0.25) is 0 Å². The van der Waals surface area contributed by atoms with Crippen molar-refractivity contribution in [2.24, 2.45) is 0 Å². The molecule has 3 heteroatoms. The average Bonchev–Trinajstić information content (AvgIpc) is 3.05. The summed E-state index contributed by atoms with van der Waals surface area (Å²) in [7, 11) is 0. The number of thioether (sulfide) groups is 1. The van der Waals surface area contributed by atoms with Crippen LogP contribution in [-0.2, 0) is 12.2 Å². The SMILES string of the molecule is CCNC1c2ccccc2CC1SCc1ccco1. The monoisotopic (exact) mass is 273 g/mol. The molecular weight excluding hydrogens is 254 g/mol. The quantitative estimate of drug-likeness (QED) is 0.897. The van der Waals surface area contributed by atoms with E-state index in [1.54, 1.807) is 6.26 Å². The average molecular weight is 273 g/mol. The molecule has 0 fully saturated rings. The van der Waals surface area contributed by atoms with E-state index < -0.39 is 0 Å². The fourth-order valence-corrected chi connectivity index (χ4v) is 4.03. The highest BCUT2D eigenvalue weighted by Gasteiger charge is 2.31. The zero-order chi connectivity index (χ0) is 13.1. The van der Waals surface area contributed by atoms with E-state index in [1.165, 1.54) is 11.1 Å². The molecule has 100 valence electrons. The molecule has 2 aromatic rings. The number of nitrogens with one attached hydrogen (secondary N) is 1. The van der Waals surface area contributed by atoms with Crippen LogP contribution in [0.25, 0.3) is 0 Å². The first kappa shape index (κ1) is 12.8. The molecular formula is C16H19NOS. The van der Waals surface area contributed by atoms with Gasteiger partial charge in [-0.1, -0.05) is 31.2 Å². The minimum atomic E-state index is 0.473. The molecule has 1 aromatic heterocycles. The van der Waals surface area contributed by atoms with Crippen LogP contribution in [0.2, 0.25) is 0 Å². The summed E-state index contributed by atoms with van der Waals surface area (Å²) in [6.07, 6.45) is 2.90. The molecule has 1 N–H and O–H groups in total. The maximum atomic E-state index is 5.42. The molecule has 0 aliphatic heterocycles. The predicted octanol–water partition coefficient (Wildman–Crippen LogP) is 3.79. The lowest BCUT2D eigenvalue weighted by molar-refractivity contribution is 0.527. The second-order valence-corrected chi connectivity index (χ2v) is 6.09. The van der Waals surface area contributed by atoms with E-state index in [0.717, 1.165) is 24.5 Å². The van der Waals surface area contributed by atoms with Crippen molar-refractivity contribution in [2.75, 3.05) is 6.54 Å². The Labute approximate surface area is 118 Å². The van der Waals surface area contributed by atoms with Gasteiger partial charge in [0.1, 0.15) is 5.76 Å². The minimum absolute atomic E-state index is 0.473. The van der Waals surface area contributed by atoms with Crippen LogP contribution in [0, 0.1) is 0 Å². The topological polar surface area (TPSA) is 25.2 Å². The van der Waals surface area contributed by atoms with Crippen molar-refractivity contribution in [2.45, 2.75) is 30.4 Å². The molecule has 0 saturated carbocycles. The fourth-order valence-electron chi connectivity index (χ4n) is 2.76. The molecule has 19 heavy (non-hydrogen) atoms. The van der Waals surface area contributed by atoms with E-state index in [4.69, 9.17) is 4.42 Å². The van der Waals surface area contributed by atoms with Gasteiger partial charge in [-0.15, -0.1) is 11.8 Å². The van der Waals surface area contributed by atoms with Gasteiger partial charge in [0.05, 0.1) is 12.0 Å². The molecule has 0 radical (unpaired) electrons. The maximum Gasteiger partial charge on any atom is 0.113 e. The second-order valence-electron chi connectivity index (χ2n) is 4.87. The number of fused-ring (bicyclic) bond motifs is 1. The van der Waals surface area contributed by atoms with Crippen molar-refractivity contribution in [3.05, 3.63) is 59.5 Å². The Bertz CT molecular complexity index is 523. The van der Waals surface area contributed by atoms with Crippen LogP contribution in [0.15, 0.2) is 47.1 Å². The van der Waals surface area contributed by atoms with Gasteiger partial charge in [-0.05, 0) is 36.2 Å². The number of benzene rings is 1. The highest BCUT2D eigenvalue weighted by atomic mass is 32.2. The van der Waals surface area contributed by atoms with Crippen molar-refractivity contribution in [1.29, 1.82) is 0 Å². The standard InChI is InChI=1S/C16H19NOS/c1-2-17-16-14-8-4-3-6-12(14)10-15(16)19-11-13-7-5-9-18-13/h3-9,15-17H,2,10-11H2,1H3. The van der Waals surface area contributed by atoms with Gasteiger partial charge in [-0.3, -0.25) is 0 Å². The maximum absolute atomic E-state index is 5.42. The Morgan fingerprint density at radius 3 is 2.95 bits per heavy atom. The van der Waals surface area contributed by atoms with Crippen LogP contribution in [0.3, 0.4) is 0 Å². The molecule has 1 heterocycles. The first-order valence-electron chi connectivity index (χ1n) is 6.83. The lowest BCUT2D eigenvalue weighted by atomic mass is 10.1. The molecule has 3 rings (SSSR count). The normalized spacial score (nSPS) is 21.5. The lowest BCUT2D eigenvalue weighted by Gasteiger charge is -2.20. The molecule has 1 aromatic carbocycles. The van der Waals surface area contributed by atoms with Gasteiger partial charge in [-0.25, -0.2) is 0 Å². The summed E-state index contributed by atoms with van der Waals surface area (Å²) in [5.41, 5.74) is 2.96. The number of hydrogen-bond donors (Lipinski definition) is 1. The number of furan rings is 1. The fraction of sp³-hybridized carbons (Fsp3) is 0.375. The summed E-state index contributed by atoms with van der Waals surface area (Å²) >= 11 is 1.99. The molecule has 0 spiro atoms. The summed E-state index contributed by atoms with van der Waals surface area (Å²) in [6.45, 7) is 3.19. The second kappa shape index (κ2) is 5.85. The van der Waals surface area contributed by atoms with E-state index in [0.29, 0.717) is 11.3 Å². The third-order valence-electron chi connectivity index (χ3n) is 3.63. The third kappa shape index (κ3) is 2.72. The van der Waals surface area contributed by atoms with Gasteiger partial charge in [0, 0.05) is 11.3 Å². The van der Waals surface area contributed by atoms with E-state index in [-0.39, 0.29) is 0 Å². The van der Waals surface area contributed by atoms with Crippen LogP contribution < -0.4 is 5.32 Å². The highest BCUT2D eigenvalue weighted by Crippen LogP contribution is 2.39. The summed E-state index contributed by atoms with van der Waals surface area (Å²) in [6, 6.07) is 13.3. The third-order valence-corrected chi connectivity index (χ3v) is 4.95. The van der Waals surface area contributed by atoms with Crippen LogP contribution >= 0.6 is 11.8 Å². The largest absolute Gasteiger partial charge is 0.468 e. The molecule has 0 saturated heterocycles. The van der Waals surface area contributed by atoms with Crippen LogP contribution in [0.1, 0.15) is 29.9 Å². The van der Waals surface area contributed by atoms with Crippen LogP contribution in [0.5, 0.6) is 0 Å². The summed E-state index contributed by atoms with van der Waals surface area (Å²) < 4.78 is 5.42. The zero-order valence-electron chi connectivity index (χ0n) is 11.1. The van der Waals surface area contributed by atoms with E-state index >= 15 is 0 Å². The summed E-state index contributed by atoms with van der Waals surface area (Å²) in [4.78, 5) is 0. The minimum Gasteiger partial charge on any atom is -0.468 e. The Kier molecular flexibility index (Phi) is 3.95. The summed E-state index contributed by atoms with van der Waals surface area (Å²) in [5, 5.41) is 4.23. The number of rotatable bonds is 5. The first-order chi connectivity index (χ1) is 9.38. The van der Waals surface area contributed by atoms with Gasteiger partial charge < -0.3 is 9.73 Å². The van der Waals surface area contributed by atoms with Gasteiger partial charge >= 0.3 is 0 Å². The van der Waals surface area contributed by atoms with Crippen molar-refractivity contribution in [1.82, 2.24) is 5.32 Å². The molecule has 1 aliphatic carbocycles. The zero-order valence-corrected chi connectivity index (χ0v) is 12.0. The van der Waals surface area contributed by atoms with Crippen molar-refractivity contribution in [3.8, 4) is 0 Å². The van der Waals surface area contributed by atoms with E-state index in [9.17, 15) is 0 Å². The number of hydrogen-bond acceptors (Lipinski definition) is 3. The smallest absolute Gasteiger partial charge is 0.113 e. The van der Waals surface area contributed by atoms with Crippen molar-refractivity contribution in [3.63, 3.8) is 0 Å². The van der Waals surface area contributed by atoms with Gasteiger partial charge in [-0.2, -0.15) is 0 Å². The van der Waals surface area contributed by atoms with Crippen LogP contribution in [-0.4, -0.2) is 11.8 Å². The Morgan fingerprint density at radius 1 is 1.26 bits per heavy atom. The highest BCUT2D eigenvalue weighted by molar-refractivity contribution is 7.99. The Morgan fingerprint density at radius 2 is 2.16 bits per heavy atom. The van der Waals surface area contributed by atoms with Gasteiger partial charge in [0.25, 0.3) is 0 Å². The molecule has 1 aliphatic rings. The van der Waals surface area contributed by atoms with E-state index in [2.05, 4.69) is 42.6 Å². The van der Waals surface area contributed by atoms with Crippen molar-refractivity contribution < 1.29 is 4.42 Å². The first-order valence-corrected chi connectivity index (χ1v) is 7.88. The van der Waals surface area contributed by atoms with Gasteiger partial charge in [0.15, 0.2) is 0 Å². The Balaban J connectivity index is 1.71. The molecule has 2 nitrogen and oxygen atoms in total. The molecule has 2 unspecified atom stereocenters. The predicted molar refractivity (Wildman–Crippen MR) is 80.4 cm³/mol. The molecule has 2 atom stereocenters. The molecule has 0 bridgehead atoms. The lowest BCUT2D eigenvalue weighted by Crippen LogP contribution is -2.26. The van der Waals surface area contributed by atoms with E-state index in [1.807, 2.05) is 17.8 Å². The molecule has 0 amide bonds. The van der Waals surface area contributed by atoms with Crippen molar-refractivity contribution >= 4 is 11.8 Å². The Hall–Kier alpha value is -1.19. The van der Waals surface area contributed by atoms with Crippen LogP contribution in [0.4, 0.5) is 0 Å². The summed E-state index contributed by atoms with van der Waals surface area (Å²) in [5.74, 6) is 2.02.